The van der Waals surface area contributed by atoms with E-state index in [1.165, 1.54) is 29.5 Å². The Labute approximate surface area is 191 Å². The number of aromatic nitrogens is 3. The van der Waals surface area contributed by atoms with E-state index < -0.39 is 11.6 Å². The number of carbonyl (C=O) groups excluding carboxylic acids is 1. The van der Waals surface area contributed by atoms with Crippen LogP contribution in [-0.2, 0) is 0 Å². The highest BCUT2D eigenvalue weighted by Crippen LogP contribution is 2.33. The Morgan fingerprint density at radius 1 is 0.970 bits per heavy atom. The molecule has 0 aliphatic carbocycles. The molecule has 1 aliphatic rings. The number of halogens is 3. The molecule has 0 N–H and O–H groups in total. The molecule has 3 heterocycles. The summed E-state index contributed by atoms with van der Waals surface area (Å²) in [5, 5.41) is 5.37. The van der Waals surface area contributed by atoms with Crippen molar-refractivity contribution < 1.29 is 18.0 Å². The standard InChI is InChI=1S/C23H20F3N5OS/c1-14-20-21(31(28-14)17-6-4-16(24)5-7-17)27-23(33-20)30-10-2-9-29(11-12-30)22(32)15-3-8-18(25)19(26)13-15/h3-8,13H,2,9-12H2,1H3. The summed E-state index contributed by atoms with van der Waals surface area (Å²) in [6.45, 7) is 4.14. The van der Waals surface area contributed by atoms with Crippen molar-refractivity contribution in [2.24, 2.45) is 0 Å². The van der Waals surface area contributed by atoms with Crippen molar-refractivity contribution in [3.05, 3.63) is 71.2 Å². The van der Waals surface area contributed by atoms with Crippen molar-refractivity contribution in [1.82, 2.24) is 19.7 Å². The van der Waals surface area contributed by atoms with Gasteiger partial charge in [-0.15, -0.1) is 0 Å². The highest BCUT2D eigenvalue weighted by atomic mass is 32.1. The van der Waals surface area contributed by atoms with Gasteiger partial charge in [0.1, 0.15) is 5.82 Å². The molecule has 0 atom stereocenters. The minimum atomic E-state index is -1.03. The third-order valence-electron chi connectivity index (χ3n) is 5.67. The van der Waals surface area contributed by atoms with Crippen molar-refractivity contribution in [1.29, 1.82) is 0 Å². The van der Waals surface area contributed by atoms with Crippen LogP contribution in [0.2, 0.25) is 0 Å². The second-order valence-electron chi connectivity index (χ2n) is 7.88. The lowest BCUT2D eigenvalue weighted by Gasteiger charge is -2.21. The van der Waals surface area contributed by atoms with Gasteiger partial charge in [-0.3, -0.25) is 4.79 Å². The number of anilines is 1. The zero-order chi connectivity index (χ0) is 23.1. The van der Waals surface area contributed by atoms with E-state index in [0.29, 0.717) is 38.2 Å². The van der Waals surface area contributed by atoms with E-state index in [-0.39, 0.29) is 17.3 Å². The Hall–Kier alpha value is -3.40. The molecule has 0 spiro atoms. The van der Waals surface area contributed by atoms with Crippen LogP contribution in [0, 0.1) is 24.4 Å². The number of hydrogen-bond donors (Lipinski definition) is 0. The van der Waals surface area contributed by atoms with Gasteiger partial charge >= 0.3 is 0 Å². The number of carbonyl (C=O) groups is 1. The first-order chi connectivity index (χ1) is 15.9. The largest absolute Gasteiger partial charge is 0.346 e. The van der Waals surface area contributed by atoms with Gasteiger partial charge in [0, 0.05) is 31.7 Å². The predicted octanol–water partition coefficient (Wildman–Crippen LogP) is 4.56. The summed E-state index contributed by atoms with van der Waals surface area (Å²) in [4.78, 5) is 21.4. The van der Waals surface area contributed by atoms with E-state index >= 15 is 0 Å². The minimum Gasteiger partial charge on any atom is -0.346 e. The van der Waals surface area contributed by atoms with Crippen LogP contribution in [0.15, 0.2) is 42.5 Å². The average Bonchev–Trinajstić information content (AvgIpc) is 3.27. The van der Waals surface area contributed by atoms with Crippen molar-refractivity contribution in [2.75, 3.05) is 31.1 Å². The normalized spacial score (nSPS) is 14.7. The van der Waals surface area contributed by atoms with Crippen LogP contribution in [0.1, 0.15) is 22.5 Å². The van der Waals surface area contributed by atoms with E-state index in [1.54, 1.807) is 21.7 Å². The van der Waals surface area contributed by atoms with Gasteiger partial charge in [-0.25, -0.2) is 17.9 Å². The monoisotopic (exact) mass is 471 g/mol. The Kier molecular flexibility index (Phi) is 5.53. The van der Waals surface area contributed by atoms with Gasteiger partial charge in [0.15, 0.2) is 22.4 Å². The van der Waals surface area contributed by atoms with Crippen LogP contribution in [0.25, 0.3) is 16.0 Å². The van der Waals surface area contributed by atoms with Gasteiger partial charge in [0.05, 0.1) is 16.1 Å². The number of hydrogen-bond acceptors (Lipinski definition) is 5. The molecule has 0 radical (unpaired) electrons. The van der Waals surface area contributed by atoms with E-state index in [1.807, 2.05) is 6.92 Å². The SMILES string of the molecule is Cc1nn(-c2ccc(F)cc2)c2nc(N3CCCN(C(=O)c4ccc(F)c(F)c4)CC3)sc12. The lowest BCUT2D eigenvalue weighted by atomic mass is 10.2. The van der Waals surface area contributed by atoms with Gasteiger partial charge < -0.3 is 9.80 Å². The molecule has 0 saturated carbocycles. The van der Waals surface area contributed by atoms with Crippen LogP contribution in [0.5, 0.6) is 0 Å². The fourth-order valence-electron chi connectivity index (χ4n) is 3.94. The third kappa shape index (κ3) is 4.06. The fourth-order valence-corrected chi connectivity index (χ4v) is 4.98. The van der Waals surface area contributed by atoms with Gasteiger partial charge in [0.25, 0.3) is 5.91 Å². The van der Waals surface area contributed by atoms with E-state index in [0.717, 1.165) is 33.3 Å². The fraction of sp³-hybridized carbons (Fsp3) is 0.261. The third-order valence-corrected chi connectivity index (χ3v) is 6.88. The Morgan fingerprint density at radius 2 is 1.76 bits per heavy atom. The molecule has 10 heteroatoms. The summed E-state index contributed by atoms with van der Waals surface area (Å²) >= 11 is 1.53. The molecule has 2 aromatic carbocycles. The number of fused-ring (bicyclic) bond motifs is 1. The minimum absolute atomic E-state index is 0.136. The summed E-state index contributed by atoms with van der Waals surface area (Å²) in [6.07, 6.45) is 0.717. The molecule has 0 bridgehead atoms. The molecule has 4 aromatic rings. The van der Waals surface area contributed by atoms with Crippen LogP contribution in [0.3, 0.4) is 0 Å². The van der Waals surface area contributed by atoms with Gasteiger partial charge in [-0.05, 0) is 55.8 Å². The molecule has 1 aliphatic heterocycles. The zero-order valence-corrected chi connectivity index (χ0v) is 18.6. The summed E-state index contributed by atoms with van der Waals surface area (Å²) in [5.41, 5.74) is 2.41. The first kappa shape index (κ1) is 21.4. The first-order valence-electron chi connectivity index (χ1n) is 10.5. The topological polar surface area (TPSA) is 54.3 Å². The van der Waals surface area contributed by atoms with E-state index in [4.69, 9.17) is 4.98 Å². The second-order valence-corrected chi connectivity index (χ2v) is 8.86. The smallest absolute Gasteiger partial charge is 0.254 e. The maximum Gasteiger partial charge on any atom is 0.254 e. The highest BCUT2D eigenvalue weighted by Gasteiger charge is 2.24. The maximum atomic E-state index is 13.6. The van der Waals surface area contributed by atoms with Gasteiger partial charge in [0.2, 0.25) is 0 Å². The number of benzene rings is 2. The first-order valence-corrected chi connectivity index (χ1v) is 11.3. The molecule has 6 nitrogen and oxygen atoms in total. The van der Waals surface area contributed by atoms with Crippen LogP contribution < -0.4 is 4.90 Å². The van der Waals surface area contributed by atoms with Crippen LogP contribution in [0.4, 0.5) is 18.3 Å². The number of nitrogens with zero attached hydrogens (tertiary/aromatic N) is 5. The highest BCUT2D eigenvalue weighted by molar-refractivity contribution is 7.22. The molecule has 33 heavy (non-hydrogen) atoms. The maximum absolute atomic E-state index is 13.6. The molecule has 1 fully saturated rings. The van der Waals surface area contributed by atoms with E-state index in [9.17, 15) is 18.0 Å². The summed E-state index contributed by atoms with van der Waals surface area (Å²) < 4.78 is 42.8. The Morgan fingerprint density at radius 3 is 2.52 bits per heavy atom. The predicted molar refractivity (Wildman–Crippen MR) is 121 cm³/mol. The molecule has 2 aromatic heterocycles. The molecule has 170 valence electrons. The van der Waals surface area contributed by atoms with Crippen molar-refractivity contribution in [3.63, 3.8) is 0 Å². The number of amides is 1. The number of rotatable bonds is 3. The zero-order valence-electron chi connectivity index (χ0n) is 17.8. The second kappa shape index (κ2) is 8.51. The Bertz CT molecular complexity index is 1330. The molecular weight excluding hydrogens is 451 g/mol. The van der Waals surface area contributed by atoms with Crippen LogP contribution in [-0.4, -0.2) is 51.8 Å². The van der Waals surface area contributed by atoms with Crippen LogP contribution >= 0.6 is 11.3 Å². The van der Waals surface area contributed by atoms with Crippen molar-refractivity contribution in [2.45, 2.75) is 13.3 Å². The molecular formula is C23H20F3N5OS. The summed E-state index contributed by atoms with van der Waals surface area (Å²) in [6, 6.07) is 9.32. The molecule has 1 amide bonds. The van der Waals surface area contributed by atoms with E-state index in [2.05, 4.69) is 10.00 Å². The van der Waals surface area contributed by atoms with Gasteiger partial charge in [-0.2, -0.15) is 10.1 Å². The summed E-state index contributed by atoms with van der Waals surface area (Å²) in [7, 11) is 0. The molecule has 0 unspecified atom stereocenters. The number of aryl methyl sites for hydroxylation is 1. The lowest BCUT2D eigenvalue weighted by molar-refractivity contribution is 0.0766. The Balaban J connectivity index is 1.36. The molecule has 1 saturated heterocycles. The van der Waals surface area contributed by atoms with Crippen molar-refractivity contribution >= 4 is 32.7 Å². The molecule has 5 rings (SSSR count). The van der Waals surface area contributed by atoms with Gasteiger partial charge in [-0.1, -0.05) is 11.3 Å². The summed E-state index contributed by atoms with van der Waals surface area (Å²) in [5.74, 6) is -2.64. The lowest BCUT2D eigenvalue weighted by Crippen LogP contribution is -2.35. The van der Waals surface area contributed by atoms with Crippen molar-refractivity contribution in [3.8, 4) is 5.69 Å². The quantitative estimate of drug-likeness (QED) is 0.440. The average molecular weight is 472 g/mol. The number of thiazole rings is 1.